The summed E-state index contributed by atoms with van der Waals surface area (Å²) in [6.45, 7) is 6.33. The number of rotatable bonds is 8. The molecule has 1 aliphatic carbocycles. The van der Waals surface area contributed by atoms with Crippen molar-refractivity contribution in [1.82, 2.24) is 14.9 Å². The summed E-state index contributed by atoms with van der Waals surface area (Å²) >= 11 is 0. The Morgan fingerprint density at radius 3 is 2.74 bits per heavy atom. The fraction of sp³-hybridized carbons (Fsp3) is 0.433. The Hall–Kier alpha value is -3.62. The number of benzene rings is 1. The van der Waals surface area contributed by atoms with Gasteiger partial charge in [-0.15, -0.1) is 6.58 Å². The molecule has 1 saturated carbocycles. The van der Waals surface area contributed by atoms with Crippen molar-refractivity contribution in [2.45, 2.75) is 51.1 Å². The molecule has 39 heavy (non-hydrogen) atoms. The van der Waals surface area contributed by atoms with E-state index in [1.54, 1.807) is 11.0 Å². The lowest BCUT2D eigenvalue weighted by Gasteiger charge is -2.20. The van der Waals surface area contributed by atoms with Gasteiger partial charge in [0.15, 0.2) is 5.65 Å². The van der Waals surface area contributed by atoms with Crippen molar-refractivity contribution >= 4 is 22.8 Å². The van der Waals surface area contributed by atoms with Crippen LogP contribution in [0.1, 0.15) is 55.8 Å². The average molecular weight is 539 g/mol. The van der Waals surface area contributed by atoms with Gasteiger partial charge in [-0.05, 0) is 68.7 Å². The number of hydrogen-bond donors (Lipinski definition) is 1. The molecule has 1 N–H and O–H groups in total. The number of fused-ring (bicyclic) bond motifs is 1. The third kappa shape index (κ3) is 5.72. The van der Waals surface area contributed by atoms with Crippen molar-refractivity contribution in [3.8, 4) is 5.69 Å². The number of nitrogens with zero attached hydrogens (tertiary/aromatic N) is 3. The summed E-state index contributed by atoms with van der Waals surface area (Å²) in [4.78, 5) is 32.9. The molecule has 0 spiro atoms. The predicted molar refractivity (Wildman–Crippen MR) is 146 cm³/mol. The van der Waals surface area contributed by atoms with Gasteiger partial charge < -0.3 is 10.2 Å². The van der Waals surface area contributed by atoms with E-state index in [1.807, 2.05) is 6.08 Å². The van der Waals surface area contributed by atoms with Crippen LogP contribution in [-0.4, -0.2) is 40.8 Å². The molecule has 2 fully saturated rings. The van der Waals surface area contributed by atoms with Crippen LogP contribution in [0.5, 0.6) is 0 Å². The first-order chi connectivity index (χ1) is 18.6. The summed E-state index contributed by atoms with van der Waals surface area (Å²) in [6, 6.07) is 6.21. The van der Waals surface area contributed by atoms with Crippen molar-refractivity contribution in [2.75, 3.05) is 24.5 Å². The van der Waals surface area contributed by atoms with Crippen molar-refractivity contribution in [1.29, 1.82) is 0 Å². The number of carbonyl (C=O) groups is 1. The zero-order valence-corrected chi connectivity index (χ0v) is 22.1. The first-order valence-corrected chi connectivity index (χ1v) is 13.5. The van der Waals surface area contributed by atoms with Crippen LogP contribution in [0.25, 0.3) is 16.7 Å². The molecule has 3 aromatic rings. The molecule has 3 heterocycles. The van der Waals surface area contributed by atoms with Crippen molar-refractivity contribution in [2.24, 2.45) is 11.8 Å². The highest BCUT2D eigenvalue weighted by Gasteiger charge is 2.34. The molecule has 1 aliphatic heterocycles. The highest BCUT2D eigenvalue weighted by Crippen LogP contribution is 2.35. The van der Waals surface area contributed by atoms with Crippen LogP contribution in [0.3, 0.4) is 0 Å². The summed E-state index contributed by atoms with van der Waals surface area (Å²) in [7, 11) is 0. The van der Waals surface area contributed by atoms with Gasteiger partial charge in [-0.25, -0.2) is 18.2 Å². The number of aromatic nitrogens is 2. The summed E-state index contributed by atoms with van der Waals surface area (Å²) in [5, 5.41) is 2.96. The third-order valence-corrected chi connectivity index (χ3v) is 7.99. The molecule has 1 saturated heterocycles. The minimum atomic E-state index is -1.37. The van der Waals surface area contributed by atoms with E-state index in [1.165, 1.54) is 29.8 Å². The second-order valence-corrected chi connectivity index (χ2v) is 11.1. The van der Waals surface area contributed by atoms with E-state index in [2.05, 4.69) is 16.9 Å². The van der Waals surface area contributed by atoms with Crippen molar-refractivity contribution in [3.63, 3.8) is 0 Å². The number of alkyl halides is 1. The fourth-order valence-corrected chi connectivity index (χ4v) is 5.89. The quantitative estimate of drug-likeness (QED) is 0.373. The number of carbonyl (C=O) groups excluding carboxylic acids is 1. The standard InChI is InChI=1S/C30H33F3N4O2/c1-3-4-19-5-6-20(15-19)11-13-34-29(39)23-17-37(25-9-7-21(31)16-24(25)32)28-22(27(23)38)8-10-26(35-28)36-14-12-30(2,33)18-36/h3,7-10,16-17,19-20H,1,4-6,11-15,18H2,2H3,(H,34,39). The molecule has 3 unspecified atom stereocenters. The van der Waals surface area contributed by atoms with Gasteiger partial charge in [-0.1, -0.05) is 12.5 Å². The highest BCUT2D eigenvalue weighted by atomic mass is 19.1. The summed E-state index contributed by atoms with van der Waals surface area (Å²) < 4.78 is 44.4. The monoisotopic (exact) mass is 538 g/mol. The van der Waals surface area contributed by atoms with E-state index in [4.69, 9.17) is 0 Å². The Bertz CT molecular complexity index is 1470. The maximum atomic E-state index is 14.9. The molecule has 0 bridgehead atoms. The van der Waals surface area contributed by atoms with Crippen LogP contribution in [0, 0.1) is 23.5 Å². The van der Waals surface area contributed by atoms with E-state index in [0.717, 1.165) is 44.2 Å². The van der Waals surface area contributed by atoms with Crippen LogP contribution < -0.4 is 15.6 Å². The second kappa shape index (κ2) is 10.9. The van der Waals surface area contributed by atoms with Gasteiger partial charge in [0, 0.05) is 31.8 Å². The smallest absolute Gasteiger partial charge is 0.256 e. The molecular formula is C30H33F3N4O2. The largest absolute Gasteiger partial charge is 0.353 e. The van der Waals surface area contributed by atoms with Gasteiger partial charge in [0.1, 0.15) is 28.7 Å². The van der Waals surface area contributed by atoms with E-state index in [0.29, 0.717) is 37.2 Å². The van der Waals surface area contributed by atoms with E-state index in [9.17, 15) is 22.8 Å². The van der Waals surface area contributed by atoms with Crippen LogP contribution in [-0.2, 0) is 0 Å². The van der Waals surface area contributed by atoms with Gasteiger partial charge in [0.25, 0.3) is 5.91 Å². The predicted octanol–water partition coefficient (Wildman–Crippen LogP) is 5.71. The van der Waals surface area contributed by atoms with Crippen LogP contribution in [0.15, 0.2) is 54.0 Å². The topological polar surface area (TPSA) is 67.2 Å². The number of anilines is 1. The van der Waals surface area contributed by atoms with E-state index < -0.39 is 28.6 Å². The molecule has 2 aromatic heterocycles. The SMILES string of the molecule is C=CCC1CCC(CCNC(=O)c2cn(-c3ccc(F)cc3F)c3nc(N4CCC(C)(F)C4)ccc3c2=O)C1. The first kappa shape index (κ1) is 27.0. The Morgan fingerprint density at radius 2 is 2.03 bits per heavy atom. The van der Waals surface area contributed by atoms with Crippen molar-refractivity contribution in [3.05, 3.63) is 76.6 Å². The van der Waals surface area contributed by atoms with Crippen LogP contribution in [0.2, 0.25) is 0 Å². The lowest BCUT2D eigenvalue weighted by molar-refractivity contribution is 0.0950. The molecule has 206 valence electrons. The zero-order chi connectivity index (χ0) is 27.7. The number of nitrogens with one attached hydrogen (secondary N) is 1. The number of halogens is 3. The second-order valence-electron chi connectivity index (χ2n) is 11.1. The summed E-state index contributed by atoms with van der Waals surface area (Å²) in [5.74, 6) is -0.603. The van der Waals surface area contributed by atoms with Gasteiger partial charge in [-0.2, -0.15) is 0 Å². The number of hydrogen-bond acceptors (Lipinski definition) is 4. The molecule has 2 aliphatic rings. The van der Waals surface area contributed by atoms with Crippen molar-refractivity contribution < 1.29 is 18.0 Å². The minimum Gasteiger partial charge on any atom is -0.353 e. The Balaban J connectivity index is 1.47. The first-order valence-electron chi connectivity index (χ1n) is 13.5. The van der Waals surface area contributed by atoms with Gasteiger partial charge in [0.2, 0.25) is 5.43 Å². The molecule has 6 nitrogen and oxygen atoms in total. The minimum absolute atomic E-state index is 0.0592. The van der Waals surface area contributed by atoms with Gasteiger partial charge in [-0.3, -0.25) is 14.2 Å². The molecule has 3 atom stereocenters. The molecule has 0 radical (unpaired) electrons. The van der Waals surface area contributed by atoms with E-state index >= 15 is 0 Å². The Kier molecular flexibility index (Phi) is 7.51. The maximum absolute atomic E-state index is 14.9. The fourth-order valence-electron chi connectivity index (χ4n) is 5.89. The van der Waals surface area contributed by atoms with Gasteiger partial charge in [0.05, 0.1) is 17.6 Å². The lowest BCUT2D eigenvalue weighted by Crippen LogP contribution is -2.31. The number of pyridine rings is 2. The Morgan fingerprint density at radius 1 is 1.23 bits per heavy atom. The highest BCUT2D eigenvalue weighted by molar-refractivity contribution is 5.97. The van der Waals surface area contributed by atoms with Gasteiger partial charge >= 0.3 is 0 Å². The lowest BCUT2D eigenvalue weighted by atomic mass is 9.99. The molecule has 9 heteroatoms. The maximum Gasteiger partial charge on any atom is 0.256 e. The zero-order valence-electron chi connectivity index (χ0n) is 22.1. The third-order valence-electron chi connectivity index (χ3n) is 7.99. The number of allylic oxidation sites excluding steroid dienone is 1. The molecule has 5 rings (SSSR count). The Labute approximate surface area is 225 Å². The summed E-state index contributed by atoms with van der Waals surface area (Å²) in [6.07, 6.45) is 8.70. The summed E-state index contributed by atoms with van der Waals surface area (Å²) in [5.41, 5.74) is -2.02. The average Bonchev–Trinajstić information content (AvgIpc) is 3.50. The number of amides is 1. The normalized spacial score (nSPS) is 22.9. The van der Waals surface area contributed by atoms with Crippen LogP contribution in [0.4, 0.5) is 19.0 Å². The molecule has 1 aromatic carbocycles. The molecular weight excluding hydrogens is 505 g/mol. The van der Waals surface area contributed by atoms with Crippen LogP contribution >= 0.6 is 0 Å². The molecule has 1 amide bonds. The van der Waals surface area contributed by atoms with E-state index in [-0.39, 0.29) is 28.8 Å².